The molecule has 0 bridgehead atoms. The molecule has 0 saturated carbocycles. The van der Waals surface area contributed by atoms with Gasteiger partial charge in [0, 0.05) is 0 Å². The third-order valence-corrected chi connectivity index (χ3v) is 5.48. The quantitative estimate of drug-likeness (QED) is 0.438. The number of carbonyl (C=O) groups is 5. The Morgan fingerprint density at radius 2 is 1.66 bits per heavy atom. The van der Waals surface area contributed by atoms with Gasteiger partial charge in [-0.2, -0.15) is 0 Å². The fraction of sp³-hybridized carbons (Fsp3) is 0.0455. The molecule has 2 aromatic carbocycles. The number of primary amides is 1. The van der Waals surface area contributed by atoms with E-state index in [1.807, 2.05) is 0 Å². The van der Waals surface area contributed by atoms with Crippen LogP contribution in [-0.4, -0.2) is 36.2 Å². The van der Waals surface area contributed by atoms with Gasteiger partial charge in [0.05, 0.1) is 27.9 Å². The lowest BCUT2D eigenvalue weighted by Crippen LogP contribution is -2.29. The lowest BCUT2D eigenvalue weighted by molar-refractivity contribution is -0.119. The number of thiophene rings is 1. The van der Waals surface area contributed by atoms with E-state index in [1.54, 1.807) is 29.6 Å². The average Bonchev–Trinajstić information content (AvgIpc) is 3.35. The van der Waals surface area contributed by atoms with Gasteiger partial charge in [0.15, 0.2) is 6.61 Å². The molecular formula is C22H15N3O6S. The van der Waals surface area contributed by atoms with Crippen molar-refractivity contribution < 1.29 is 28.7 Å². The number of benzene rings is 2. The zero-order chi connectivity index (χ0) is 22.8. The van der Waals surface area contributed by atoms with Crippen molar-refractivity contribution in [2.75, 3.05) is 16.8 Å². The van der Waals surface area contributed by atoms with Gasteiger partial charge in [-0.15, -0.1) is 11.3 Å². The summed E-state index contributed by atoms with van der Waals surface area (Å²) >= 11 is 1.11. The molecule has 1 aliphatic heterocycles. The van der Waals surface area contributed by atoms with Crippen LogP contribution in [0.4, 0.5) is 10.7 Å². The maximum atomic E-state index is 12.6. The molecule has 4 rings (SSSR count). The van der Waals surface area contributed by atoms with Gasteiger partial charge in [0.2, 0.25) is 0 Å². The SMILES string of the molecule is NC(=O)c1ccsc1NC(=O)COC(=O)c1cccc(N2C(=O)c3ccccc3C2=O)c1. The maximum absolute atomic E-state index is 12.6. The number of carbonyl (C=O) groups excluding carboxylic acids is 5. The van der Waals surface area contributed by atoms with Crippen molar-refractivity contribution in [3.8, 4) is 0 Å². The van der Waals surface area contributed by atoms with Gasteiger partial charge >= 0.3 is 5.97 Å². The second-order valence-corrected chi connectivity index (χ2v) is 7.61. The van der Waals surface area contributed by atoms with Crippen LogP contribution in [0.1, 0.15) is 41.4 Å². The highest BCUT2D eigenvalue weighted by atomic mass is 32.1. The number of imide groups is 1. The first-order valence-corrected chi connectivity index (χ1v) is 10.2. The number of amides is 4. The Bertz CT molecular complexity index is 1250. The molecule has 0 saturated heterocycles. The van der Waals surface area contributed by atoms with E-state index in [-0.39, 0.29) is 32.9 Å². The summed E-state index contributed by atoms with van der Waals surface area (Å²) in [5, 5.41) is 4.31. The molecule has 1 aliphatic rings. The van der Waals surface area contributed by atoms with Crippen LogP contribution in [0.5, 0.6) is 0 Å². The number of anilines is 2. The molecule has 0 radical (unpaired) electrons. The van der Waals surface area contributed by atoms with Crippen LogP contribution in [0.3, 0.4) is 0 Å². The number of nitrogens with zero attached hydrogens (tertiary/aromatic N) is 1. The van der Waals surface area contributed by atoms with E-state index in [4.69, 9.17) is 10.5 Å². The number of hydrogen-bond donors (Lipinski definition) is 2. The number of rotatable bonds is 6. The van der Waals surface area contributed by atoms with Crippen LogP contribution in [0.15, 0.2) is 60.0 Å². The van der Waals surface area contributed by atoms with Crippen LogP contribution in [0.2, 0.25) is 0 Å². The number of ether oxygens (including phenoxy) is 1. The summed E-state index contributed by atoms with van der Waals surface area (Å²) in [6.07, 6.45) is 0. The van der Waals surface area contributed by atoms with Crippen LogP contribution >= 0.6 is 11.3 Å². The molecule has 4 amide bonds. The first-order chi connectivity index (χ1) is 15.4. The highest BCUT2D eigenvalue weighted by Crippen LogP contribution is 2.29. The van der Waals surface area contributed by atoms with Crippen molar-refractivity contribution in [3.63, 3.8) is 0 Å². The van der Waals surface area contributed by atoms with Crippen LogP contribution in [-0.2, 0) is 9.53 Å². The summed E-state index contributed by atoms with van der Waals surface area (Å²) in [5.74, 6) is -3.14. The lowest BCUT2D eigenvalue weighted by Gasteiger charge is -2.14. The topological polar surface area (TPSA) is 136 Å². The highest BCUT2D eigenvalue weighted by Gasteiger charge is 2.36. The molecule has 0 unspecified atom stereocenters. The highest BCUT2D eigenvalue weighted by molar-refractivity contribution is 7.14. The van der Waals surface area contributed by atoms with Crippen LogP contribution < -0.4 is 16.0 Å². The number of hydrogen-bond acceptors (Lipinski definition) is 7. The standard InChI is InChI=1S/C22H15N3O6S/c23-18(27)16-8-9-32-19(16)24-17(26)11-31-22(30)12-4-3-5-13(10-12)25-20(28)14-6-1-2-7-15(14)21(25)29/h1-10H,11H2,(H2,23,27)(H,24,26). The zero-order valence-electron chi connectivity index (χ0n) is 16.4. The Labute approximate surface area is 185 Å². The van der Waals surface area contributed by atoms with Crippen molar-refractivity contribution in [1.82, 2.24) is 0 Å². The molecule has 160 valence electrons. The van der Waals surface area contributed by atoms with Crippen LogP contribution in [0.25, 0.3) is 0 Å². The predicted octanol–water partition coefficient (Wildman–Crippen LogP) is 2.44. The lowest BCUT2D eigenvalue weighted by atomic mass is 10.1. The molecule has 32 heavy (non-hydrogen) atoms. The third kappa shape index (κ3) is 3.86. The normalized spacial score (nSPS) is 12.4. The van der Waals surface area contributed by atoms with E-state index >= 15 is 0 Å². The van der Waals surface area contributed by atoms with Gasteiger partial charge in [-0.1, -0.05) is 18.2 Å². The molecule has 3 aromatic rings. The first-order valence-electron chi connectivity index (χ1n) is 9.29. The Kier molecular flexibility index (Phi) is 5.52. The first kappa shape index (κ1) is 20.9. The molecule has 0 aliphatic carbocycles. The summed E-state index contributed by atoms with van der Waals surface area (Å²) in [4.78, 5) is 62.1. The number of nitrogens with two attached hydrogens (primary N) is 1. The summed E-state index contributed by atoms with van der Waals surface area (Å²) in [6, 6.07) is 13.7. The molecule has 0 spiro atoms. The fourth-order valence-corrected chi connectivity index (χ4v) is 3.98. The Morgan fingerprint density at radius 1 is 0.969 bits per heavy atom. The minimum absolute atomic E-state index is 0.0563. The minimum atomic E-state index is -0.820. The van der Waals surface area contributed by atoms with Gasteiger partial charge in [-0.3, -0.25) is 19.2 Å². The largest absolute Gasteiger partial charge is 0.452 e. The second kappa shape index (κ2) is 8.44. The predicted molar refractivity (Wildman–Crippen MR) is 116 cm³/mol. The molecule has 0 fully saturated rings. The number of esters is 1. The summed E-state index contributed by atoms with van der Waals surface area (Å²) in [7, 11) is 0. The van der Waals surface area contributed by atoms with Gasteiger partial charge < -0.3 is 15.8 Å². The van der Waals surface area contributed by atoms with Gasteiger partial charge in [-0.05, 0) is 41.8 Å². The molecule has 0 atom stereocenters. The molecule has 3 N–H and O–H groups in total. The molecule has 10 heteroatoms. The van der Waals surface area contributed by atoms with E-state index in [0.29, 0.717) is 0 Å². The second-order valence-electron chi connectivity index (χ2n) is 6.69. The van der Waals surface area contributed by atoms with Gasteiger partial charge in [0.25, 0.3) is 23.6 Å². The monoisotopic (exact) mass is 449 g/mol. The summed E-state index contributed by atoms with van der Waals surface area (Å²) < 4.78 is 5.02. The maximum Gasteiger partial charge on any atom is 0.338 e. The van der Waals surface area contributed by atoms with E-state index in [2.05, 4.69) is 5.32 Å². The molecule has 2 heterocycles. The van der Waals surface area contributed by atoms with Crippen molar-refractivity contribution in [2.24, 2.45) is 5.73 Å². The summed E-state index contributed by atoms with van der Waals surface area (Å²) in [6.45, 7) is -0.605. The summed E-state index contributed by atoms with van der Waals surface area (Å²) in [5.41, 5.74) is 6.21. The Morgan fingerprint density at radius 3 is 2.31 bits per heavy atom. The van der Waals surface area contributed by atoms with E-state index in [9.17, 15) is 24.0 Å². The average molecular weight is 449 g/mol. The van der Waals surface area contributed by atoms with Crippen molar-refractivity contribution >= 4 is 51.6 Å². The van der Waals surface area contributed by atoms with E-state index in [0.717, 1.165) is 16.2 Å². The van der Waals surface area contributed by atoms with Crippen molar-refractivity contribution in [3.05, 3.63) is 82.2 Å². The molecular weight excluding hydrogens is 434 g/mol. The van der Waals surface area contributed by atoms with Gasteiger partial charge in [0.1, 0.15) is 5.00 Å². The van der Waals surface area contributed by atoms with Gasteiger partial charge in [-0.25, -0.2) is 9.69 Å². The third-order valence-electron chi connectivity index (χ3n) is 4.65. The molecule has 1 aromatic heterocycles. The minimum Gasteiger partial charge on any atom is -0.452 e. The molecule has 9 nitrogen and oxygen atoms in total. The number of fused-ring (bicyclic) bond motifs is 1. The van der Waals surface area contributed by atoms with Crippen LogP contribution in [0, 0.1) is 0 Å². The van der Waals surface area contributed by atoms with Crippen molar-refractivity contribution in [2.45, 2.75) is 0 Å². The Balaban J connectivity index is 1.44. The smallest absolute Gasteiger partial charge is 0.338 e. The van der Waals surface area contributed by atoms with E-state index < -0.39 is 36.2 Å². The fourth-order valence-electron chi connectivity index (χ4n) is 3.17. The Hall–Kier alpha value is -4.31. The number of nitrogens with one attached hydrogen (secondary N) is 1. The zero-order valence-corrected chi connectivity index (χ0v) is 17.2. The van der Waals surface area contributed by atoms with E-state index in [1.165, 1.54) is 30.3 Å². The van der Waals surface area contributed by atoms with Crippen molar-refractivity contribution in [1.29, 1.82) is 0 Å².